The van der Waals surface area contributed by atoms with Crippen molar-refractivity contribution in [3.05, 3.63) is 0 Å². The van der Waals surface area contributed by atoms with Crippen LogP contribution in [0.3, 0.4) is 0 Å². The van der Waals surface area contributed by atoms with E-state index in [2.05, 4.69) is 4.90 Å². The Morgan fingerprint density at radius 3 is 2.59 bits per heavy atom. The number of carbonyl (C=O) groups is 1. The smallest absolute Gasteiger partial charge is 0.310 e. The van der Waals surface area contributed by atoms with Gasteiger partial charge in [-0.15, -0.1) is 0 Å². The van der Waals surface area contributed by atoms with Crippen LogP contribution in [0.5, 0.6) is 0 Å². The second kappa shape index (κ2) is 4.97. The Bertz CT molecular complexity index is 286. The lowest BCUT2D eigenvalue weighted by atomic mass is 9.77. The van der Waals surface area contributed by atoms with Crippen molar-refractivity contribution in [3.8, 4) is 0 Å². The number of piperidine rings is 1. The Kier molecular flexibility index (Phi) is 3.76. The predicted molar refractivity (Wildman–Crippen MR) is 68.0 cm³/mol. The maximum atomic E-state index is 11.2. The second-order valence-electron chi connectivity index (χ2n) is 6.41. The molecule has 2 fully saturated rings. The summed E-state index contributed by atoms with van der Waals surface area (Å²) in [7, 11) is 0. The van der Waals surface area contributed by atoms with Crippen molar-refractivity contribution in [1.29, 1.82) is 0 Å². The second-order valence-corrected chi connectivity index (χ2v) is 6.41. The van der Waals surface area contributed by atoms with Crippen molar-refractivity contribution in [2.45, 2.75) is 58.4 Å². The molecular formula is C14H25NO2. The number of likely N-dealkylation sites (tertiary alicyclic amines) is 1. The molecule has 1 N–H and O–H groups in total. The minimum absolute atomic E-state index is 0.612. The van der Waals surface area contributed by atoms with E-state index in [0.29, 0.717) is 12.6 Å². The van der Waals surface area contributed by atoms with E-state index in [1.807, 2.05) is 13.8 Å². The minimum Gasteiger partial charge on any atom is -0.481 e. The molecule has 0 bridgehead atoms. The molecule has 0 aromatic heterocycles. The topological polar surface area (TPSA) is 40.5 Å². The van der Waals surface area contributed by atoms with E-state index < -0.39 is 11.4 Å². The van der Waals surface area contributed by atoms with Gasteiger partial charge in [0.15, 0.2) is 0 Å². The van der Waals surface area contributed by atoms with E-state index in [1.165, 1.54) is 38.5 Å². The molecule has 0 amide bonds. The van der Waals surface area contributed by atoms with Crippen LogP contribution in [-0.4, -0.2) is 35.1 Å². The van der Waals surface area contributed by atoms with Crippen LogP contribution in [0.4, 0.5) is 0 Å². The Morgan fingerprint density at radius 2 is 1.88 bits per heavy atom. The molecule has 0 unspecified atom stereocenters. The first-order valence-corrected chi connectivity index (χ1v) is 6.98. The SMILES string of the molecule is CC(C)(CN1CCC[C@H]2CCCC[C@H]21)C(=O)O. The molecule has 0 radical (unpaired) electrons. The Labute approximate surface area is 104 Å². The molecule has 98 valence electrons. The standard InChI is InChI=1S/C14H25NO2/c1-14(2,13(16)17)10-15-9-5-7-11-6-3-4-8-12(11)15/h11-12H,3-10H2,1-2H3,(H,16,17)/t11-,12-/m1/s1. The largest absolute Gasteiger partial charge is 0.481 e. The molecule has 1 aliphatic carbocycles. The lowest BCUT2D eigenvalue weighted by Crippen LogP contribution is -2.51. The Balaban J connectivity index is 2.01. The average molecular weight is 239 g/mol. The van der Waals surface area contributed by atoms with Crippen molar-refractivity contribution >= 4 is 5.97 Å². The van der Waals surface area contributed by atoms with Crippen molar-refractivity contribution in [3.63, 3.8) is 0 Å². The quantitative estimate of drug-likeness (QED) is 0.823. The van der Waals surface area contributed by atoms with E-state index >= 15 is 0 Å². The molecule has 0 spiro atoms. The van der Waals surface area contributed by atoms with Crippen LogP contribution in [0, 0.1) is 11.3 Å². The molecule has 2 aliphatic rings. The van der Waals surface area contributed by atoms with Gasteiger partial charge in [0.25, 0.3) is 0 Å². The first-order chi connectivity index (χ1) is 8.00. The number of carboxylic acid groups (broad SMARTS) is 1. The van der Waals surface area contributed by atoms with Gasteiger partial charge in [0.1, 0.15) is 0 Å². The monoisotopic (exact) mass is 239 g/mol. The summed E-state index contributed by atoms with van der Waals surface area (Å²) < 4.78 is 0. The first-order valence-electron chi connectivity index (χ1n) is 6.98. The highest BCUT2D eigenvalue weighted by molar-refractivity contribution is 5.73. The van der Waals surface area contributed by atoms with Gasteiger partial charge in [-0.3, -0.25) is 9.69 Å². The molecule has 1 aliphatic heterocycles. The molecule has 1 heterocycles. The summed E-state index contributed by atoms with van der Waals surface area (Å²) in [6.07, 6.45) is 7.93. The van der Waals surface area contributed by atoms with Crippen molar-refractivity contribution < 1.29 is 9.90 Å². The molecule has 0 aromatic rings. The van der Waals surface area contributed by atoms with Gasteiger partial charge in [-0.1, -0.05) is 12.8 Å². The summed E-state index contributed by atoms with van der Waals surface area (Å²) in [6.45, 7) is 5.50. The van der Waals surface area contributed by atoms with Gasteiger partial charge < -0.3 is 5.11 Å². The number of fused-ring (bicyclic) bond motifs is 1. The lowest BCUT2D eigenvalue weighted by Gasteiger charge is -2.46. The highest BCUT2D eigenvalue weighted by Crippen LogP contribution is 2.36. The van der Waals surface area contributed by atoms with Gasteiger partial charge in [0.2, 0.25) is 0 Å². The fourth-order valence-corrected chi connectivity index (χ4v) is 3.50. The van der Waals surface area contributed by atoms with E-state index in [4.69, 9.17) is 0 Å². The number of hydrogen-bond donors (Lipinski definition) is 1. The lowest BCUT2D eigenvalue weighted by molar-refractivity contribution is -0.149. The highest BCUT2D eigenvalue weighted by Gasteiger charge is 2.38. The molecule has 1 saturated carbocycles. The third-order valence-electron chi connectivity index (χ3n) is 4.54. The van der Waals surface area contributed by atoms with Crippen LogP contribution in [0.25, 0.3) is 0 Å². The summed E-state index contributed by atoms with van der Waals surface area (Å²) in [4.78, 5) is 13.7. The van der Waals surface area contributed by atoms with Gasteiger partial charge >= 0.3 is 5.97 Å². The predicted octanol–water partition coefficient (Wildman–Crippen LogP) is 2.75. The molecule has 3 heteroatoms. The molecule has 0 aromatic carbocycles. The maximum Gasteiger partial charge on any atom is 0.310 e. The third-order valence-corrected chi connectivity index (χ3v) is 4.54. The fourth-order valence-electron chi connectivity index (χ4n) is 3.50. The van der Waals surface area contributed by atoms with Crippen molar-refractivity contribution in [2.24, 2.45) is 11.3 Å². The molecule has 17 heavy (non-hydrogen) atoms. The third kappa shape index (κ3) is 2.82. The summed E-state index contributed by atoms with van der Waals surface area (Å²) >= 11 is 0. The Morgan fingerprint density at radius 1 is 1.24 bits per heavy atom. The Hall–Kier alpha value is -0.570. The molecule has 2 atom stereocenters. The zero-order valence-corrected chi connectivity index (χ0v) is 11.1. The van der Waals surface area contributed by atoms with E-state index in [-0.39, 0.29) is 0 Å². The number of aliphatic carboxylic acids is 1. The van der Waals surface area contributed by atoms with Crippen LogP contribution < -0.4 is 0 Å². The van der Waals surface area contributed by atoms with Crippen LogP contribution >= 0.6 is 0 Å². The van der Waals surface area contributed by atoms with Crippen LogP contribution in [0.1, 0.15) is 52.4 Å². The summed E-state index contributed by atoms with van der Waals surface area (Å²) in [5.74, 6) is 0.164. The highest BCUT2D eigenvalue weighted by atomic mass is 16.4. The van der Waals surface area contributed by atoms with E-state index in [9.17, 15) is 9.90 Å². The van der Waals surface area contributed by atoms with Gasteiger partial charge in [-0.2, -0.15) is 0 Å². The van der Waals surface area contributed by atoms with Gasteiger partial charge in [0, 0.05) is 12.6 Å². The van der Waals surface area contributed by atoms with Crippen molar-refractivity contribution in [2.75, 3.05) is 13.1 Å². The van der Waals surface area contributed by atoms with Gasteiger partial charge in [-0.25, -0.2) is 0 Å². The first kappa shape index (κ1) is 12.9. The minimum atomic E-state index is -0.671. The average Bonchev–Trinajstić information content (AvgIpc) is 2.29. The molecule has 3 nitrogen and oxygen atoms in total. The normalized spacial score (nSPS) is 30.9. The van der Waals surface area contributed by atoms with Crippen LogP contribution in [0.15, 0.2) is 0 Å². The number of nitrogens with zero attached hydrogens (tertiary/aromatic N) is 1. The fraction of sp³-hybridized carbons (Fsp3) is 0.929. The number of rotatable bonds is 3. The van der Waals surface area contributed by atoms with Gasteiger partial charge in [-0.05, 0) is 52.0 Å². The summed E-state index contributed by atoms with van der Waals surface area (Å²) in [6, 6.07) is 0.663. The van der Waals surface area contributed by atoms with E-state index in [1.54, 1.807) is 0 Å². The maximum absolute atomic E-state index is 11.2. The van der Waals surface area contributed by atoms with E-state index in [0.717, 1.165) is 12.5 Å². The van der Waals surface area contributed by atoms with Crippen LogP contribution in [0.2, 0.25) is 0 Å². The number of carboxylic acids is 1. The summed E-state index contributed by atoms with van der Waals surface area (Å²) in [5.41, 5.74) is -0.612. The zero-order valence-electron chi connectivity index (χ0n) is 11.1. The van der Waals surface area contributed by atoms with Crippen molar-refractivity contribution in [1.82, 2.24) is 4.90 Å². The molecule has 2 rings (SSSR count). The number of hydrogen-bond acceptors (Lipinski definition) is 2. The van der Waals surface area contributed by atoms with Gasteiger partial charge in [0.05, 0.1) is 5.41 Å². The molecule has 1 saturated heterocycles. The molecular weight excluding hydrogens is 214 g/mol. The zero-order chi connectivity index (χ0) is 12.5. The summed E-state index contributed by atoms with van der Waals surface area (Å²) in [5, 5.41) is 9.24. The van der Waals surface area contributed by atoms with Crippen LogP contribution in [-0.2, 0) is 4.79 Å².